The minimum atomic E-state index is -3.28. The molecule has 1 saturated carbocycles. The second kappa shape index (κ2) is 7.50. The Balaban J connectivity index is 1.83. The predicted molar refractivity (Wildman–Crippen MR) is 102 cm³/mol. The van der Waals surface area contributed by atoms with E-state index in [9.17, 15) is 23.1 Å². The van der Waals surface area contributed by atoms with Crippen molar-refractivity contribution in [3.8, 4) is 0 Å². The molecular formula is C19H26N2O5S. The van der Waals surface area contributed by atoms with Crippen LogP contribution >= 0.6 is 0 Å². The normalized spacial score (nSPS) is 21.4. The summed E-state index contributed by atoms with van der Waals surface area (Å²) in [4.78, 5) is 24.7. The number of benzene rings is 1. The quantitative estimate of drug-likeness (QED) is 0.764. The highest BCUT2D eigenvalue weighted by Crippen LogP contribution is 2.29. The lowest BCUT2D eigenvalue weighted by Gasteiger charge is -2.29. The summed E-state index contributed by atoms with van der Waals surface area (Å²) < 4.78 is 25.5. The van der Waals surface area contributed by atoms with E-state index in [1.807, 2.05) is 0 Å². The molecule has 2 fully saturated rings. The van der Waals surface area contributed by atoms with Crippen molar-refractivity contribution in [1.82, 2.24) is 5.32 Å². The monoisotopic (exact) mass is 394 g/mol. The van der Waals surface area contributed by atoms with Crippen molar-refractivity contribution in [3.05, 3.63) is 29.3 Å². The fraction of sp³-hybridized carbons (Fsp3) is 0.579. The maximum absolute atomic E-state index is 12.8. The first-order valence-corrected chi connectivity index (χ1v) is 11.0. The van der Waals surface area contributed by atoms with Gasteiger partial charge < -0.3 is 10.4 Å². The van der Waals surface area contributed by atoms with Crippen LogP contribution in [0.5, 0.6) is 0 Å². The molecule has 3 rings (SSSR count). The number of hydrogen-bond donors (Lipinski definition) is 2. The van der Waals surface area contributed by atoms with Gasteiger partial charge in [-0.3, -0.25) is 9.10 Å². The van der Waals surface area contributed by atoms with Crippen molar-refractivity contribution >= 4 is 27.6 Å². The van der Waals surface area contributed by atoms with E-state index in [-0.39, 0.29) is 5.75 Å². The number of hydrogen-bond acceptors (Lipinski definition) is 4. The van der Waals surface area contributed by atoms with Gasteiger partial charge in [0.2, 0.25) is 10.0 Å². The molecule has 2 aliphatic rings. The molecule has 1 aromatic rings. The standard InChI is InChI=1S/C19H26N2O5S/c1-14-13-15(21-11-6-12-27(21,25)26)7-8-16(14)17(22)20-19(18(23)24)9-4-2-3-5-10-19/h7-8,13H,2-6,9-12H2,1H3,(H,20,22)(H,23,24). The number of aryl methyl sites for hydroxylation is 1. The third-order valence-corrected chi connectivity index (χ3v) is 7.43. The summed E-state index contributed by atoms with van der Waals surface area (Å²) in [7, 11) is -3.28. The first-order valence-electron chi connectivity index (χ1n) is 9.42. The van der Waals surface area contributed by atoms with Crippen molar-refractivity contribution in [3.63, 3.8) is 0 Å². The summed E-state index contributed by atoms with van der Waals surface area (Å²) in [6, 6.07) is 4.88. The molecule has 27 heavy (non-hydrogen) atoms. The molecule has 0 bridgehead atoms. The molecule has 0 radical (unpaired) electrons. The maximum atomic E-state index is 12.8. The Bertz CT molecular complexity index is 842. The first kappa shape index (κ1) is 19.7. The van der Waals surface area contributed by atoms with Crippen LogP contribution < -0.4 is 9.62 Å². The van der Waals surface area contributed by atoms with Gasteiger partial charge in [-0.05, 0) is 49.9 Å². The predicted octanol–water partition coefficient (Wildman–Crippen LogP) is 2.44. The van der Waals surface area contributed by atoms with Crippen molar-refractivity contribution in [2.24, 2.45) is 0 Å². The average Bonchev–Trinajstić information content (AvgIpc) is 2.80. The molecule has 0 aromatic heterocycles. The summed E-state index contributed by atoms with van der Waals surface area (Å²) in [5, 5.41) is 12.5. The fourth-order valence-corrected chi connectivity index (χ4v) is 5.55. The van der Waals surface area contributed by atoms with E-state index in [2.05, 4.69) is 5.32 Å². The molecule has 1 aliphatic heterocycles. The van der Waals surface area contributed by atoms with Gasteiger partial charge in [-0.1, -0.05) is 25.7 Å². The zero-order valence-corrected chi connectivity index (χ0v) is 16.3. The summed E-state index contributed by atoms with van der Waals surface area (Å²) in [6.07, 6.45) is 4.94. The van der Waals surface area contributed by atoms with Gasteiger partial charge >= 0.3 is 5.97 Å². The number of carboxylic acids is 1. The van der Waals surface area contributed by atoms with Gasteiger partial charge in [0.25, 0.3) is 5.91 Å². The third kappa shape index (κ3) is 3.95. The van der Waals surface area contributed by atoms with Crippen molar-refractivity contribution < 1.29 is 23.1 Å². The van der Waals surface area contributed by atoms with E-state index in [1.165, 1.54) is 4.31 Å². The van der Waals surface area contributed by atoms with Gasteiger partial charge in [0.05, 0.1) is 11.4 Å². The number of carbonyl (C=O) groups excluding carboxylic acids is 1. The van der Waals surface area contributed by atoms with E-state index in [0.29, 0.717) is 42.6 Å². The number of nitrogens with one attached hydrogen (secondary N) is 1. The number of amides is 1. The Morgan fingerprint density at radius 1 is 1.11 bits per heavy atom. The Labute approximate surface area is 159 Å². The number of carboxylic acid groups (broad SMARTS) is 1. The van der Waals surface area contributed by atoms with Gasteiger partial charge in [0.15, 0.2) is 0 Å². The van der Waals surface area contributed by atoms with Crippen LogP contribution in [0.3, 0.4) is 0 Å². The smallest absolute Gasteiger partial charge is 0.329 e. The van der Waals surface area contributed by atoms with Gasteiger partial charge in [-0.15, -0.1) is 0 Å². The second-order valence-electron chi connectivity index (χ2n) is 7.50. The molecule has 1 amide bonds. The first-order chi connectivity index (χ1) is 12.8. The Kier molecular flexibility index (Phi) is 5.46. The van der Waals surface area contributed by atoms with E-state index >= 15 is 0 Å². The zero-order valence-electron chi connectivity index (χ0n) is 15.5. The van der Waals surface area contributed by atoms with Crippen LogP contribution in [0.25, 0.3) is 0 Å². The molecule has 148 valence electrons. The summed E-state index contributed by atoms with van der Waals surface area (Å²) in [6.45, 7) is 2.18. The highest BCUT2D eigenvalue weighted by molar-refractivity contribution is 7.93. The minimum absolute atomic E-state index is 0.134. The SMILES string of the molecule is Cc1cc(N2CCCS2(=O)=O)ccc1C(=O)NC1(C(=O)O)CCCCCC1. The number of rotatable bonds is 4. The second-order valence-corrected chi connectivity index (χ2v) is 9.51. The molecule has 1 aliphatic carbocycles. The van der Waals surface area contributed by atoms with Crippen LogP contribution in [-0.4, -0.2) is 43.2 Å². The molecule has 8 heteroatoms. The minimum Gasteiger partial charge on any atom is -0.480 e. The highest BCUT2D eigenvalue weighted by atomic mass is 32.2. The largest absolute Gasteiger partial charge is 0.480 e. The van der Waals surface area contributed by atoms with Crippen LogP contribution in [0.1, 0.15) is 60.9 Å². The van der Waals surface area contributed by atoms with Crippen molar-refractivity contribution in [1.29, 1.82) is 0 Å². The van der Waals surface area contributed by atoms with Crippen LogP contribution in [-0.2, 0) is 14.8 Å². The van der Waals surface area contributed by atoms with Crippen LogP contribution in [0.2, 0.25) is 0 Å². The molecule has 0 atom stereocenters. The van der Waals surface area contributed by atoms with Gasteiger partial charge in [0.1, 0.15) is 5.54 Å². The van der Waals surface area contributed by atoms with Crippen LogP contribution in [0, 0.1) is 6.92 Å². The summed E-state index contributed by atoms with van der Waals surface area (Å²) >= 11 is 0. The number of anilines is 1. The summed E-state index contributed by atoms with van der Waals surface area (Å²) in [5.41, 5.74) is 0.321. The molecule has 0 unspecified atom stereocenters. The lowest BCUT2D eigenvalue weighted by Crippen LogP contribution is -2.54. The molecule has 1 aromatic carbocycles. The topological polar surface area (TPSA) is 104 Å². The van der Waals surface area contributed by atoms with E-state index in [4.69, 9.17) is 0 Å². The van der Waals surface area contributed by atoms with Crippen molar-refractivity contribution in [2.45, 2.75) is 57.4 Å². The average molecular weight is 394 g/mol. The van der Waals surface area contributed by atoms with Gasteiger partial charge in [0, 0.05) is 12.1 Å². The van der Waals surface area contributed by atoms with Crippen LogP contribution in [0.4, 0.5) is 5.69 Å². The number of sulfonamides is 1. The van der Waals surface area contributed by atoms with Crippen molar-refractivity contribution in [2.75, 3.05) is 16.6 Å². The molecule has 1 saturated heterocycles. The van der Waals surface area contributed by atoms with E-state index in [1.54, 1.807) is 25.1 Å². The number of carbonyl (C=O) groups is 2. The number of nitrogens with zero attached hydrogens (tertiary/aromatic N) is 1. The number of aliphatic carboxylic acids is 1. The molecule has 7 nitrogen and oxygen atoms in total. The maximum Gasteiger partial charge on any atom is 0.329 e. The summed E-state index contributed by atoms with van der Waals surface area (Å²) in [5.74, 6) is -1.28. The van der Waals surface area contributed by atoms with E-state index in [0.717, 1.165) is 25.7 Å². The molecular weight excluding hydrogens is 368 g/mol. The molecule has 2 N–H and O–H groups in total. The Hall–Kier alpha value is -2.09. The zero-order chi connectivity index (χ0) is 19.7. The van der Waals surface area contributed by atoms with Crippen LogP contribution in [0.15, 0.2) is 18.2 Å². The lowest BCUT2D eigenvalue weighted by molar-refractivity contribution is -0.145. The lowest BCUT2D eigenvalue weighted by atomic mass is 9.89. The molecule has 0 spiro atoms. The third-order valence-electron chi connectivity index (χ3n) is 5.56. The fourth-order valence-electron chi connectivity index (χ4n) is 4.00. The Morgan fingerprint density at radius 2 is 1.78 bits per heavy atom. The van der Waals surface area contributed by atoms with E-state index < -0.39 is 27.4 Å². The Morgan fingerprint density at radius 3 is 2.30 bits per heavy atom. The highest BCUT2D eigenvalue weighted by Gasteiger charge is 2.40. The molecule has 1 heterocycles. The van der Waals surface area contributed by atoms with Gasteiger partial charge in [-0.2, -0.15) is 0 Å². The van der Waals surface area contributed by atoms with Gasteiger partial charge in [-0.25, -0.2) is 13.2 Å².